The highest BCUT2D eigenvalue weighted by Crippen LogP contribution is 2.14. The fourth-order valence-electron chi connectivity index (χ4n) is 1.96. The molecular weight excluding hydrogens is 182 g/mol. The first-order chi connectivity index (χ1) is 7.26. The molecule has 0 heterocycles. The number of hydrogen-bond donors (Lipinski definition) is 0. The van der Waals surface area contributed by atoms with Gasteiger partial charge in [0.1, 0.15) is 0 Å². The second kappa shape index (κ2) is 6.24. The van der Waals surface area contributed by atoms with Crippen LogP contribution in [0, 0.1) is 17.2 Å². The van der Waals surface area contributed by atoms with Gasteiger partial charge in [0.2, 0.25) is 0 Å². The summed E-state index contributed by atoms with van der Waals surface area (Å²) >= 11 is 0. The van der Waals surface area contributed by atoms with Crippen molar-refractivity contribution >= 4 is 0 Å². The second-order valence-corrected chi connectivity index (χ2v) is 4.25. The molecule has 1 unspecified atom stereocenters. The Bertz CT molecular complexity index is 335. The van der Waals surface area contributed by atoms with Crippen LogP contribution in [0.2, 0.25) is 0 Å². The molecule has 0 amide bonds. The lowest BCUT2D eigenvalue weighted by Gasteiger charge is -2.10. The van der Waals surface area contributed by atoms with E-state index in [-0.39, 0.29) is 0 Å². The summed E-state index contributed by atoms with van der Waals surface area (Å²) in [7, 11) is 0. The number of nitriles is 1. The standard InChI is InChI=1S/C14H19N/c1-3-5-12(2)10-14-7-4-6-13(11-14)8-9-15/h4,6-7,11-12H,3,5,8,10H2,1-2H3. The van der Waals surface area contributed by atoms with Crippen LogP contribution in [0.3, 0.4) is 0 Å². The molecule has 1 aromatic carbocycles. The molecule has 0 aliphatic carbocycles. The Kier molecular flexibility index (Phi) is 4.90. The van der Waals surface area contributed by atoms with Crippen LogP contribution in [0.1, 0.15) is 37.8 Å². The van der Waals surface area contributed by atoms with E-state index in [4.69, 9.17) is 5.26 Å². The summed E-state index contributed by atoms with van der Waals surface area (Å²) in [4.78, 5) is 0. The molecule has 15 heavy (non-hydrogen) atoms. The smallest absolute Gasteiger partial charge is 0.0669 e. The molecule has 0 N–H and O–H groups in total. The Balaban J connectivity index is 2.61. The zero-order valence-corrected chi connectivity index (χ0v) is 9.66. The Labute approximate surface area is 92.7 Å². The van der Waals surface area contributed by atoms with Gasteiger partial charge in [0.25, 0.3) is 0 Å². The molecule has 1 atom stereocenters. The van der Waals surface area contributed by atoms with Crippen molar-refractivity contribution in [3.05, 3.63) is 35.4 Å². The Morgan fingerprint density at radius 3 is 2.73 bits per heavy atom. The maximum Gasteiger partial charge on any atom is 0.0669 e. The molecule has 80 valence electrons. The van der Waals surface area contributed by atoms with Crippen molar-refractivity contribution < 1.29 is 0 Å². The van der Waals surface area contributed by atoms with Gasteiger partial charge in [-0.3, -0.25) is 0 Å². The maximum atomic E-state index is 8.63. The van der Waals surface area contributed by atoms with Gasteiger partial charge in [0.05, 0.1) is 12.5 Å². The summed E-state index contributed by atoms with van der Waals surface area (Å²) < 4.78 is 0. The van der Waals surface area contributed by atoms with Crippen molar-refractivity contribution in [1.29, 1.82) is 5.26 Å². The lowest BCUT2D eigenvalue weighted by atomic mass is 9.95. The third kappa shape index (κ3) is 4.16. The van der Waals surface area contributed by atoms with Gasteiger partial charge in [-0.05, 0) is 23.5 Å². The molecule has 0 aliphatic rings. The summed E-state index contributed by atoms with van der Waals surface area (Å²) in [5, 5.41) is 8.63. The van der Waals surface area contributed by atoms with Crippen LogP contribution in [0.5, 0.6) is 0 Å². The number of benzene rings is 1. The zero-order chi connectivity index (χ0) is 11.1. The van der Waals surface area contributed by atoms with Crippen LogP contribution in [0.15, 0.2) is 24.3 Å². The molecule has 0 aromatic heterocycles. The molecule has 0 aliphatic heterocycles. The van der Waals surface area contributed by atoms with Crippen molar-refractivity contribution in [3.63, 3.8) is 0 Å². The first-order valence-corrected chi connectivity index (χ1v) is 5.71. The monoisotopic (exact) mass is 201 g/mol. The van der Waals surface area contributed by atoms with E-state index < -0.39 is 0 Å². The molecule has 0 radical (unpaired) electrons. The van der Waals surface area contributed by atoms with Crippen LogP contribution < -0.4 is 0 Å². The van der Waals surface area contributed by atoms with Crippen LogP contribution in [-0.2, 0) is 12.8 Å². The maximum absolute atomic E-state index is 8.63. The van der Waals surface area contributed by atoms with Gasteiger partial charge >= 0.3 is 0 Å². The van der Waals surface area contributed by atoms with Gasteiger partial charge in [0.15, 0.2) is 0 Å². The molecule has 0 saturated heterocycles. The van der Waals surface area contributed by atoms with Gasteiger partial charge < -0.3 is 0 Å². The average molecular weight is 201 g/mol. The van der Waals surface area contributed by atoms with E-state index in [0.29, 0.717) is 6.42 Å². The van der Waals surface area contributed by atoms with Gasteiger partial charge in [-0.25, -0.2) is 0 Å². The van der Waals surface area contributed by atoms with Crippen LogP contribution in [0.4, 0.5) is 0 Å². The minimum Gasteiger partial charge on any atom is -0.198 e. The van der Waals surface area contributed by atoms with Crippen LogP contribution >= 0.6 is 0 Å². The normalized spacial score (nSPS) is 12.1. The summed E-state index contributed by atoms with van der Waals surface area (Å²) in [5.41, 5.74) is 2.50. The quantitative estimate of drug-likeness (QED) is 0.712. The van der Waals surface area contributed by atoms with Gasteiger partial charge in [-0.15, -0.1) is 0 Å². The molecule has 1 rings (SSSR count). The minimum absolute atomic E-state index is 0.524. The highest BCUT2D eigenvalue weighted by Gasteiger charge is 2.03. The summed E-state index contributed by atoms with van der Waals surface area (Å²) in [6, 6.07) is 10.6. The molecule has 0 spiro atoms. The van der Waals surface area contributed by atoms with Gasteiger partial charge in [-0.1, -0.05) is 51.0 Å². The van der Waals surface area contributed by atoms with E-state index in [1.165, 1.54) is 18.4 Å². The highest BCUT2D eigenvalue weighted by atomic mass is 14.2. The lowest BCUT2D eigenvalue weighted by molar-refractivity contribution is 0.522. The van der Waals surface area contributed by atoms with Crippen molar-refractivity contribution in [1.82, 2.24) is 0 Å². The molecule has 1 heteroatoms. The van der Waals surface area contributed by atoms with Crippen molar-refractivity contribution in [2.45, 2.75) is 39.5 Å². The van der Waals surface area contributed by atoms with Crippen LogP contribution in [-0.4, -0.2) is 0 Å². The average Bonchev–Trinajstić information content (AvgIpc) is 2.19. The predicted octanol–water partition coefficient (Wildman–Crippen LogP) is 3.73. The van der Waals surface area contributed by atoms with Gasteiger partial charge in [-0.2, -0.15) is 5.26 Å². The fourth-order valence-corrected chi connectivity index (χ4v) is 1.96. The van der Waals surface area contributed by atoms with Gasteiger partial charge in [0, 0.05) is 0 Å². The molecular formula is C14H19N. The van der Waals surface area contributed by atoms with E-state index in [1.807, 2.05) is 6.07 Å². The third-order valence-corrected chi connectivity index (χ3v) is 2.64. The Morgan fingerprint density at radius 1 is 1.33 bits per heavy atom. The number of rotatable bonds is 5. The minimum atomic E-state index is 0.524. The van der Waals surface area contributed by atoms with Crippen molar-refractivity contribution in [2.75, 3.05) is 0 Å². The Morgan fingerprint density at radius 2 is 2.07 bits per heavy atom. The first-order valence-electron chi connectivity index (χ1n) is 5.71. The second-order valence-electron chi connectivity index (χ2n) is 4.25. The van der Waals surface area contributed by atoms with Crippen LogP contribution in [0.25, 0.3) is 0 Å². The van der Waals surface area contributed by atoms with E-state index >= 15 is 0 Å². The van der Waals surface area contributed by atoms with E-state index in [1.54, 1.807) is 0 Å². The molecule has 0 fully saturated rings. The molecule has 1 aromatic rings. The lowest BCUT2D eigenvalue weighted by Crippen LogP contribution is -1.99. The van der Waals surface area contributed by atoms with E-state index in [0.717, 1.165) is 17.9 Å². The Hall–Kier alpha value is -1.29. The third-order valence-electron chi connectivity index (χ3n) is 2.64. The SMILES string of the molecule is CCCC(C)Cc1cccc(CC#N)c1. The largest absolute Gasteiger partial charge is 0.198 e. The predicted molar refractivity (Wildman–Crippen MR) is 63.5 cm³/mol. The molecule has 0 bridgehead atoms. The molecule has 1 nitrogen and oxygen atoms in total. The molecule has 0 saturated carbocycles. The summed E-state index contributed by atoms with van der Waals surface area (Å²) in [6.07, 6.45) is 4.19. The summed E-state index contributed by atoms with van der Waals surface area (Å²) in [6.45, 7) is 4.52. The zero-order valence-electron chi connectivity index (χ0n) is 9.66. The summed E-state index contributed by atoms with van der Waals surface area (Å²) in [5.74, 6) is 0.743. The number of hydrogen-bond acceptors (Lipinski definition) is 1. The van der Waals surface area contributed by atoms with Crippen molar-refractivity contribution in [2.24, 2.45) is 5.92 Å². The van der Waals surface area contributed by atoms with E-state index in [2.05, 4.69) is 38.1 Å². The highest BCUT2D eigenvalue weighted by molar-refractivity contribution is 5.25. The van der Waals surface area contributed by atoms with Crippen molar-refractivity contribution in [3.8, 4) is 6.07 Å². The topological polar surface area (TPSA) is 23.8 Å². The first kappa shape index (κ1) is 11.8. The fraction of sp³-hybridized carbons (Fsp3) is 0.500. The number of nitrogens with zero attached hydrogens (tertiary/aromatic N) is 1. The van der Waals surface area contributed by atoms with E-state index in [9.17, 15) is 0 Å².